The van der Waals surface area contributed by atoms with Gasteiger partial charge in [-0.15, -0.1) is 0 Å². The number of amides is 3. The van der Waals surface area contributed by atoms with E-state index in [2.05, 4.69) is 15.6 Å². The standard InChI is InChI=1S/C24H23ClN4O2/c25-20-7-3-17(4-8-20)14-27-24(31)28-21-9-5-18(6-10-21)16-29-22(11-12-23(29)30)19-2-1-13-26-15-19/h1-10,13,15,22H,11-12,14,16H2,(H2,27,28,31). The lowest BCUT2D eigenvalue weighted by atomic mass is 10.1. The van der Waals surface area contributed by atoms with Crippen molar-refractivity contribution in [2.45, 2.75) is 32.0 Å². The van der Waals surface area contributed by atoms with Gasteiger partial charge in [-0.05, 0) is 53.4 Å². The summed E-state index contributed by atoms with van der Waals surface area (Å²) in [6.45, 7) is 0.940. The van der Waals surface area contributed by atoms with E-state index in [-0.39, 0.29) is 18.0 Å². The number of carbonyl (C=O) groups excluding carboxylic acids is 2. The number of nitrogens with one attached hydrogen (secondary N) is 2. The van der Waals surface area contributed by atoms with Crippen molar-refractivity contribution in [3.05, 3.63) is 94.8 Å². The van der Waals surface area contributed by atoms with Crippen molar-refractivity contribution in [2.24, 2.45) is 0 Å². The third kappa shape index (κ3) is 5.41. The molecule has 1 aliphatic heterocycles. The molecule has 1 atom stereocenters. The predicted octanol–water partition coefficient (Wildman–Crippen LogP) is 4.92. The number of likely N-dealkylation sites (tertiary alicyclic amines) is 1. The van der Waals surface area contributed by atoms with Gasteiger partial charge in [0.15, 0.2) is 0 Å². The van der Waals surface area contributed by atoms with Gasteiger partial charge in [0.25, 0.3) is 0 Å². The van der Waals surface area contributed by atoms with E-state index in [1.54, 1.807) is 18.3 Å². The minimum Gasteiger partial charge on any atom is -0.334 e. The lowest BCUT2D eigenvalue weighted by molar-refractivity contribution is -0.129. The molecule has 1 aromatic heterocycles. The lowest BCUT2D eigenvalue weighted by Gasteiger charge is -2.25. The fourth-order valence-corrected chi connectivity index (χ4v) is 3.83. The number of carbonyl (C=O) groups is 2. The van der Waals surface area contributed by atoms with E-state index in [9.17, 15) is 9.59 Å². The van der Waals surface area contributed by atoms with Gasteiger partial charge in [-0.1, -0.05) is 41.9 Å². The van der Waals surface area contributed by atoms with Crippen LogP contribution in [0.25, 0.3) is 0 Å². The van der Waals surface area contributed by atoms with Crippen molar-refractivity contribution in [3.8, 4) is 0 Å². The first-order chi connectivity index (χ1) is 15.1. The average molecular weight is 435 g/mol. The molecule has 3 aromatic rings. The zero-order valence-electron chi connectivity index (χ0n) is 16.9. The van der Waals surface area contributed by atoms with Crippen molar-refractivity contribution < 1.29 is 9.59 Å². The van der Waals surface area contributed by atoms with Crippen LogP contribution in [-0.2, 0) is 17.9 Å². The summed E-state index contributed by atoms with van der Waals surface area (Å²) in [7, 11) is 0. The van der Waals surface area contributed by atoms with E-state index < -0.39 is 0 Å². The third-order valence-electron chi connectivity index (χ3n) is 5.33. The molecule has 0 spiro atoms. The fourth-order valence-electron chi connectivity index (χ4n) is 3.70. The molecule has 0 bridgehead atoms. The Bertz CT molecular complexity index is 1040. The monoisotopic (exact) mass is 434 g/mol. The van der Waals surface area contributed by atoms with E-state index >= 15 is 0 Å². The zero-order chi connectivity index (χ0) is 21.6. The molecule has 1 fully saturated rings. The lowest BCUT2D eigenvalue weighted by Crippen LogP contribution is -2.28. The Morgan fingerprint density at radius 2 is 1.81 bits per heavy atom. The Balaban J connectivity index is 1.33. The van der Waals surface area contributed by atoms with Gasteiger partial charge in [-0.25, -0.2) is 4.79 Å². The summed E-state index contributed by atoms with van der Waals surface area (Å²) in [4.78, 5) is 30.7. The van der Waals surface area contributed by atoms with Gasteiger partial charge in [0.1, 0.15) is 0 Å². The van der Waals surface area contributed by atoms with Crippen LogP contribution in [0.3, 0.4) is 0 Å². The molecule has 2 aromatic carbocycles. The normalized spacial score (nSPS) is 15.7. The number of hydrogen-bond donors (Lipinski definition) is 2. The Morgan fingerprint density at radius 3 is 2.52 bits per heavy atom. The topological polar surface area (TPSA) is 74.3 Å². The molecule has 1 aliphatic rings. The molecule has 1 saturated heterocycles. The number of halogens is 1. The highest BCUT2D eigenvalue weighted by Crippen LogP contribution is 2.33. The molecule has 0 aliphatic carbocycles. The van der Waals surface area contributed by atoms with E-state index in [4.69, 9.17) is 11.6 Å². The van der Waals surface area contributed by atoms with Gasteiger partial charge < -0.3 is 15.5 Å². The smallest absolute Gasteiger partial charge is 0.319 e. The molecule has 3 amide bonds. The first kappa shape index (κ1) is 20.9. The number of anilines is 1. The maximum absolute atomic E-state index is 12.4. The first-order valence-electron chi connectivity index (χ1n) is 10.2. The van der Waals surface area contributed by atoms with Crippen LogP contribution in [-0.4, -0.2) is 21.8 Å². The van der Waals surface area contributed by atoms with Crippen molar-refractivity contribution >= 4 is 29.2 Å². The van der Waals surface area contributed by atoms with Crippen LogP contribution < -0.4 is 10.6 Å². The predicted molar refractivity (Wildman–Crippen MR) is 121 cm³/mol. The van der Waals surface area contributed by atoms with Crippen molar-refractivity contribution in [1.29, 1.82) is 0 Å². The van der Waals surface area contributed by atoms with Crippen molar-refractivity contribution in [2.75, 3.05) is 5.32 Å². The summed E-state index contributed by atoms with van der Waals surface area (Å²) in [5.74, 6) is 0.151. The van der Waals surface area contributed by atoms with Crippen LogP contribution in [0.1, 0.15) is 35.6 Å². The molecular formula is C24H23ClN4O2. The molecule has 7 heteroatoms. The molecule has 0 radical (unpaired) electrons. The Labute approximate surface area is 186 Å². The highest BCUT2D eigenvalue weighted by atomic mass is 35.5. The SMILES string of the molecule is O=C(NCc1ccc(Cl)cc1)Nc1ccc(CN2C(=O)CCC2c2cccnc2)cc1. The second kappa shape index (κ2) is 9.62. The van der Waals surface area contributed by atoms with Crippen LogP contribution in [0.5, 0.6) is 0 Å². The van der Waals surface area contributed by atoms with Gasteiger partial charge >= 0.3 is 6.03 Å². The molecule has 6 nitrogen and oxygen atoms in total. The minimum atomic E-state index is -0.283. The third-order valence-corrected chi connectivity index (χ3v) is 5.58. The molecular weight excluding hydrogens is 412 g/mol. The van der Waals surface area contributed by atoms with Crippen LogP contribution in [0, 0.1) is 0 Å². The maximum Gasteiger partial charge on any atom is 0.319 e. The van der Waals surface area contributed by atoms with Crippen LogP contribution in [0.15, 0.2) is 73.1 Å². The number of aromatic nitrogens is 1. The summed E-state index contributed by atoms with van der Waals surface area (Å²) in [5, 5.41) is 6.30. The summed E-state index contributed by atoms with van der Waals surface area (Å²) >= 11 is 5.87. The van der Waals surface area contributed by atoms with Gasteiger partial charge in [-0.3, -0.25) is 9.78 Å². The first-order valence-corrected chi connectivity index (χ1v) is 10.5. The minimum absolute atomic E-state index is 0.0534. The summed E-state index contributed by atoms with van der Waals surface area (Å²) in [6.07, 6.45) is 4.92. The number of rotatable bonds is 6. The van der Waals surface area contributed by atoms with Gasteiger partial charge in [0, 0.05) is 42.6 Å². The average Bonchev–Trinajstić information content (AvgIpc) is 3.15. The molecule has 2 heterocycles. The maximum atomic E-state index is 12.4. The van der Waals surface area contributed by atoms with E-state index in [0.29, 0.717) is 30.2 Å². The van der Waals surface area contributed by atoms with Gasteiger partial charge in [-0.2, -0.15) is 0 Å². The number of urea groups is 1. The molecule has 1 unspecified atom stereocenters. The number of pyridine rings is 1. The summed E-state index contributed by atoms with van der Waals surface area (Å²) < 4.78 is 0. The van der Waals surface area contributed by atoms with Crippen LogP contribution in [0.2, 0.25) is 5.02 Å². The molecule has 4 rings (SSSR count). The molecule has 2 N–H and O–H groups in total. The fraction of sp³-hybridized carbons (Fsp3) is 0.208. The van der Waals surface area contributed by atoms with Gasteiger partial charge in [0.2, 0.25) is 5.91 Å². The van der Waals surface area contributed by atoms with Crippen LogP contribution >= 0.6 is 11.6 Å². The number of hydrogen-bond acceptors (Lipinski definition) is 3. The van der Waals surface area contributed by atoms with Crippen LogP contribution in [0.4, 0.5) is 10.5 Å². The second-order valence-electron chi connectivity index (χ2n) is 7.49. The highest BCUT2D eigenvalue weighted by Gasteiger charge is 2.32. The second-order valence-corrected chi connectivity index (χ2v) is 7.93. The Morgan fingerprint density at radius 1 is 1.06 bits per heavy atom. The molecule has 158 valence electrons. The number of nitrogens with zero attached hydrogens (tertiary/aromatic N) is 2. The Kier molecular flexibility index (Phi) is 6.48. The van der Waals surface area contributed by atoms with Crippen molar-refractivity contribution in [3.63, 3.8) is 0 Å². The molecule has 0 saturated carbocycles. The van der Waals surface area contributed by atoms with E-state index in [1.807, 2.05) is 59.6 Å². The quantitative estimate of drug-likeness (QED) is 0.578. The highest BCUT2D eigenvalue weighted by molar-refractivity contribution is 6.30. The summed E-state index contributed by atoms with van der Waals surface area (Å²) in [6, 6.07) is 18.6. The van der Waals surface area contributed by atoms with Crippen molar-refractivity contribution in [1.82, 2.24) is 15.2 Å². The summed E-state index contributed by atoms with van der Waals surface area (Å²) in [5.41, 5.74) is 3.72. The largest absolute Gasteiger partial charge is 0.334 e. The van der Waals surface area contributed by atoms with Gasteiger partial charge in [0.05, 0.1) is 6.04 Å². The number of benzene rings is 2. The van der Waals surface area contributed by atoms with E-state index in [0.717, 1.165) is 23.1 Å². The zero-order valence-corrected chi connectivity index (χ0v) is 17.7. The van der Waals surface area contributed by atoms with E-state index in [1.165, 1.54) is 0 Å². The molecule has 31 heavy (non-hydrogen) atoms. The Hall–Kier alpha value is -3.38.